The van der Waals surface area contributed by atoms with Gasteiger partial charge in [-0.2, -0.15) is 0 Å². The molecule has 1 aliphatic rings. The Kier molecular flexibility index (Phi) is 16.2. The summed E-state index contributed by atoms with van der Waals surface area (Å²) < 4.78 is 0. The first kappa shape index (κ1) is 37.5. The quantitative estimate of drug-likeness (QED) is 0.250. The van der Waals surface area contributed by atoms with E-state index in [1.54, 1.807) is 0 Å². The molecule has 0 spiro atoms. The van der Waals surface area contributed by atoms with Crippen molar-refractivity contribution in [3.8, 4) is 11.1 Å². The molecule has 0 aliphatic heterocycles. The van der Waals surface area contributed by atoms with E-state index in [1.165, 1.54) is 24.5 Å². The number of carbonyl (C=O) groups is 3. The third-order valence-electron chi connectivity index (χ3n) is 7.58. The molecule has 0 saturated carbocycles. The van der Waals surface area contributed by atoms with Gasteiger partial charge in [0.25, 0.3) is 0 Å². The second-order valence-corrected chi connectivity index (χ2v) is 13.9. The molecule has 3 nitrogen and oxygen atoms in total. The van der Waals surface area contributed by atoms with Crippen LogP contribution in [0, 0.1) is 30.1 Å². The van der Waals surface area contributed by atoms with E-state index < -0.39 is 0 Å². The molecule has 0 bridgehead atoms. The number of rotatable bonds is 11. The van der Waals surface area contributed by atoms with Gasteiger partial charge in [-0.3, -0.25) is 14.4 Å². The summed E-state index contributed by atoms with van der Waals surface area (Å²) in [5.41, 5.74) is 7.26. The molecule has 2 aromatic rings. The van der Waals surface area contributed by atoms with Crippen molar-refractivity contribution in [2.75, 3.05) is 0 Å². The van der Waals surface area contributed by atoms with Crippen LogP contribution in [0.2, 0.25) is 0 Å². The van der Waals surface area contributed by atoms with Gasteiger partial charge in [0, 0.05) is 17.9 Å². The van der Waals surface area contributed by atoms with Gasteiger partial charge in [0.05, 0.1) is 6.42 Å². The Balaban J connectivity index is 0.000000978. The zero-order valence-electron chi connectivity index (χ0n) is 28.8. The zero-order chi connectivity index (χ0) is 32.0. The van der Waals surface area contributed by atoms with Crippen LogP contribution in [-0.4, -0.2) is 17.3 Å². The average molecular weight is 577 g/mol. The molecule has 2 aromatic carbocycles. The van der Waals surface area contributed by atoms with Gasteiger partial charge in [-0.15, -0.1) is 0 Å². The molecular formula is C39H60O3. The van der Waals surface area contributed by atoms with Gasteiger partial charge in [0.1, 0.15) is 11.6 Å². The highest BCUT2D eigenvalue weighted by molar-refractivity contribution is 6.02. The van der Waals surface area contributed by atoms with Crippen molar-refractivity contribution < 1.29 is 14.4 Å². The first-order valence-electron chi connectivity index (χ1n) is 16.5. The molecule has 3 unspecified atom stereocenters. The van der Waals surface area contributed by atoms with E-state index in [1.807, 2.05) is 13.8 Å². The lowest BCUT2D eigenvalue weighted by atomic mass is 9.71. The largest absolute Gasteiger partial charge is 0.300 e. The molecule has 3 rings (SSSR count). The first-order chi connectivity index (χ1) is 19.7. The molecule has 0 saturated heterocycles. The smallest absolute Gasteiger partial charge is 0.163 e. The number of fused-ring (bicyclic) bond motifs is 1. The van der Waals surface area contributed by atoms with E-state index in [9.17, 15) is 14.4 Å². The molecule has 0 radical (unpaired) electrons. The highest BCUT2D eigenvalue weighted by Crippen LogP contribution is 2.40. The Morgan fingerprint density at radius 1 is 0.905 bits per heavy atom. The molecule has 42 heavy (non-hydrogen) atoms. The monoisotopic (exact) mass is 576 g/mol. The number of aryl methyl sites for hydroxylation is 2. The summed E-state index contributed by atoms with van der Waals surface area (Å²) in [6.45, 7) is 22.9. The van der Waals surface area contributed by atoms with Crippen LogP contribution in [0.3, 0.4) is 0 Å². The predicted octanol–water partition coefficient (Wildman–Crippen LogP) is 10.8. The second kappa shape index (κ2) is 18.2. The van der Waals surface area contributed by atoms with E-state index in [0.717, 1.165) is 60.8 Å². The summed E-state index contributed by atoms with van der Waals surface area (Å²) >= 11 is 0. The average Bonchev–Trinajstić information content (AvgIpc) is 2.88. The summed E-state index contributed by atoms with van der Waals surface area (Å²) in [4.78, 5) is 37.8. The lowest BCUT2D eigenvalue weighted by molar-refractivity contribution is -0.129. The minimum atomic E-state index is -0.0982. The predicted molar refractivity (Wildman–Crippen MR) is 180 cm³/mol. The van der Waals surface area contributed by atoms with E-state index in [0.29, 0.717) is 11.8 Å². The van der Waals surface area contributed by atoms with Crippen molar-refractivity contribution in [2.45, 2.75) is 134 Å². The summed E-state index contributed by atoms with van der Waals surface area (Å²) in [7, 11) is 0. The highest BCUT2D eigenvalue weighted by atomic mass is 16.1. The molecule has 3 atom stereocenters. The minimum absolute atomic E-state index is 0.0300. The summed E-state index contributed by atoms with van der Waals surface area (Å²) in [6.07, 6.45) is 7.27. The molecule has 0 fully saturated rings. The Hall–Kier alpha value is -2.55. The van der Waals surface area contributed by atoms with Crippen LogP contribution in [0.15, 0.2) is 36.4 Å². The van der Waals surface area contributed by atoms with Crippen LogP contribution in [-0.2, 0) is 22.4 Å². The maximum Gasteiger partial charge on any atom is 0.163 e. The fraction of sp³-hybridized carbons (Fsp3) is 0.615. The molecule has 3 heteroatoms. The maximum absolute atomic E-state index is 13.3. The van der Waals surface area contributed by atoms with Crippen molar-refractivity contribution in [3.05, 3.63) is 58.7 Å². The summed E-state index contributed by atoms with van der Waals surface area (Å²) in [5, 5.41) is 0. The molecule has 0 amide bonds. The molecule has 0 aromatic heterocycles. The molecular weight excluding hydrogens is 516 g/mol. The molecule has 0 N–H and O–H groups in total. The number of carbonyl (C=O) groups excluding carboxylic acids is 3. The van der Waals surface area contributed by atoms with Gasteiger partial charge in [0.15, 0.2) is 5.78 Å². The SMILES string of the molecule is CC(C)(C)C.CCC.CCCC(CC1CC(=O)c2c(C)ccc(-c3ccc(CC)cc3)c2C1)C(CC)C(=O)CC(C)=O. The highest BCUT2D eigenvalue weighted by Gasteiger charge is 2.34. The first-order valence-corrected chi connectivity index (χ1v) is 16.5. The second-order valence-electron chi connectivity index (χ2n) is 13.9. The van der Waals surface area contributed by atoms with Crippen LogP contribution in [0.5, 0.6) is 0 Å². The standard InChI is InChI=1S/C31H40O3.C5H12.C3H8/c1-6-9-25(26(8-3)29(33)16-21(5)32)17-23-18-28-27(24-13-11-22(7-2)12-14-24)15-10-20(4)31(28)30(34)19-23;1-5(2,3)4;1-3-2/h10-15,23,25-26H,6-9,16-19H2,1-5H3;1-4H3;3H2,1-2H3. The van der Waals surface area contributed by atoms with E-state index >= 15 is 0 Å². The van der Waals surface area contributed by atoms with Crippen LogP contribution < -0.4 is 0 Å². The third-order valence-corrected chi connectivity index (χ3v) is 7.58. The molecule has 234 valence electrons. The zero-order valence-corrected chi connectivity index (χ0v) is 28.8. The number of hydrogen-bond acceptors (Lipinski definition) is 3. The summed E-state index contributed by atoms with van der Waals surface area (Å²) in [6, 6.07) is 12.9. The van der Waals surface area contributed by atoms with Gasteiger partial charge in [0.2, 0.25) is 0 Å². The van der Waals surface area contributed by atoms with Crippen molar-refractivity contribution >= 4 is 17.3 Å². The van der Waals surface area contributed by atoms with Crippen molar-refractivity contribution in [2.24, 2.45) is 23.2 Å². The number of hydrogen-bond donors (Lipinski definition) is 0. The van der Waals surface area contributed by atoms with Gasteiger partial charge in [-0.05, 0) is 84.6 Å². The van der Waals surface area contributed by atoms with Gasteiger partial charge in [-0.25, -0.2) is 0 Å². The Labute approximate surface area is 258 Å². The van der Waals surface area contributed by atoms with Gasteiger partial charge in [-0.1, -0.05) is 118 Å². The lowest BCUT2D eigenvalue weighted by Gasteiger charge is -2.32. The van der Waals surface area contributed by atoms with Crippen LogP contribution in [0.4, 0.5) is 0 Å². The van der Waals surface area contributed by atoms with E-state index in [2.05, 4.69) is 91.8 Å². The Bertz CT molecular complexity index is 1130. The summed E-state index contributed by atoms with van der Waals surface area (Å²) in [5.74, 6) is 0.593. The fourth-order valence-corrected chi connectivity index (χ4v) is 5.93. The lowest BCUT2D eigenvalue weighted by Crippen LogP contribution is -2.30. The van der Waals surface area contributed by atoms with Crippen LogP contribution in [0.1, 0.15) is 141 Å². The van der Waals surface area contributed by atoms with Crippen molar-refractivity contribution in [1.29, 1.82) is 0 Å². The van der Waals surface area contributed by atoms with Gasteiger partial charge < -0.3 is 0 Å². The topological polar surface area (TPSA) is 51.2 Å². The van der Waals surface area contributed by atoms with E-state index in [4.69, 9.17) is 0 Å². The molecule has 0 heterocycles. The maximum atomic E-state index is 13.3. The fourth-order valence-electron chi connectivity index (χ4n) is 5.93. The van der Waals surface area contributed by atoms with Gasteiger partial charge >= 0.3 is 0 Å². The van der Waals surface area contributed by atoms with Crippen molar-refractivity contribution in [1.82, 2.24) is 0 Å². The Morgan fingerprint density at radius 3 is 1.95 bits per heavy atom. The number of benzene rings is 2. The van der Waals surface area contributed by atoms with Crippen LogP contribution in [0.25, 0.3) is 11.1 Å². The van der Waals surface area contributed by atoms with E-state index in [-0.39, 0.29) is 41.5 Å². The third kappa shape index (κ3) is 12.4. The normalized spacial score (nSPS) is 15.8. The Morgan fingerprint density at radius 2 is 1.48 bits per heavy atom. The minimum Gasteiger partial charge on any atom is -0.300 e. The van der Waals surface area contributed by atoms with Crippen molar-refractivity contribution in [3.63, 3.8) is 0 Å². The number of Topliss-reactive ketones (excluding diaryl/α,β-unsaturated/α-hetero) is 3. The van der Waals surface area contributed by atoms with Crippen LogP contribution >= 0.6 is 0 Å². The number of ketones is 3. The molecule has 1 aliphatic carbocycles.